The molecule has 2 aliphatic rings. The first-order valence-corrected chi connectivity index (χ1v) is 21.2. The van der Waals surface area contributed by atoms with Crippen molar-refractivity contribution in [3.05, 3.63) is 102 Å². The summed E-state index contributed by atoms with van der Waals surface area (Å²) in [5.74, 6) is -0.581. The Morgan fingerprint density at radius 2 is 1.63 bits per heavy atom. The minimum absolute atomic E-state index is 0.0226. The van der Waals surface area contributed by atoms with Gasteiger partial charge in [-0.2, -0.15) is 10.2 Å². The van der Waals surface area contributed by atoms with Crippen LogP contribution in [0.5, 0.6) is 5.75 Å². The van der Waals surface area contributed by atoms with E-state index in [4.69, 9.17) is 0 Å². The van der Waals surface area contributed by atoms with Crippen LogP contribution in [0.3, 0.4) is 0 Å². The number of anilines is 1. The highest BCUT2D eigenvalue weighted by atomic mass is 32.1. The van der Waals surface area contributed by atoms with Crippen molar-refractivity contribution >= 4 is 34.7 Å². The summed E-state index contributed by atoms with van der Waals surface area (Å²) in [6.07, 6.45) is 2.94. The van der Waals surface area contributed by atoms with Gasteiger partial charge in [0.1, 0.15) is 17.8 Å². The molecule has 4 atom stereocenters. The number of likely N-dealkylation sites (tertiary alicyclic amines) is 1. The Balaban J connectivity index is 0.924. The molecule has 59 heavy (non-hydrogen) atoms. The van der Waals surface area contributed by atoms with Gasteiger partial charge in [0.25, 0.3) is 0 Å². The Kier molecular flexibility index (Phi) is 12.4. The Labute approximate surface area is 349 Å². The highest BCUT2D eigenvalue weighted by Crippen LogP contribution is 2.33. The van der Waals surface area contributed by atoms with Gasteiger partial charge in [0.15, 0.2) is 0 Å². The van der Waals surface area contributed by atoms with Gasteiger partial charge >= 0.3 is 0 Å². The van der Waals surface area contributed by atoms with Gasteiger partial charge in [-0.15, -0.1) is 11.3 Å². The van der Waals surface area contributed by atoms with E-state index in [1.807, 2.05) is 82.6 Å². The van der Waals surface area contributed by atoms with Crippen molar-refractivity contribution in [1.29, 1.82) is 0 Å². The summed E-state index contributed by atoms with van der Waals surface area (Å²) in [6.45, 7) is 11.2. The van der Waals surface area contributed by atoms with Crippen molar-refractivity contribution in [3.63, 3.8) is 0 Å². The number of hydrogen-bond donors (Lipinski definition) is 4. The number of β-amino-alcohol motifs (C(OH)–C–C–N with tert-alkyl or cyclic N) is 1. The third-order valence-electron chi connectivity index (χ3n) is 11.5. The van der Waals surface area contributed by atoms with Crippen LogP contribution < -0.4 is 15.5 Å². The van der Waals surface area contributed by atoms with Crippen LogP contribution in [0.4, 0.5) is 5.69 Å². The van der Waals surface area contributed by atoms with Crippen LogP contribution in [0.25, 0.3) is 32.8 Å². The number of aryl methyl sites for hydroxylation is 1. The fraction of sp³-hybridized carbons (Fsp3) is 0.391. The number of phenolic OH excluding ortho intramolecular Hbond substituents is 1. The number of aliphatic hydroxyl groups excluding tert-OH is 1. The number of thiazole rings is 1. The van der Waals surface area contributed by atoms with Gasteiger partial charge in [-0.25, -0.2) is 4.98 Å². The van der Waals surface area contributed by atoms with Gasteiger partial charge in [0.2, 0.25) is 17.7 Å². The molecule has 3 amide bonds. The average molecular weight is 816 g/mol. The quantitative estimate of drug-likeness (QED) is 0.111. The van der Waals surface area contributed by atoms with Gasteiger partial charge < -0.3 is 30.6 Å². The summed E-state index contributed by atoms with van der Waals surface area (Å²) in [4.78, 5) is 50.7. The van der Waals surface area contributed by atoms with Crippen molar-refractivity contribution in [2.45, 2.75) is 84.5 Å². The fourth-order valence-electron chi connectivity index (χ4n) is 8.10. The molecule has 308 valence electrons. The molecule has 5 aromatic rings. The van der Waals surface area contributed by atoms with E-state index in [0.29, 0.717) is 17.7 Å². The second kappa shape index (κ2) is 17.7. The minimum Gasteiger partial charge on any atom is -0.507 e. The van der Waals surface area contributed by atoms with E-state index in [9.17, 15) is 24.6 Å². The molecular weight excluding hydrogens is 763 g/mol. The van der Waals surface area contributed by atoms with Crippen LogP contribution in [-0.4, -0.2) is 85.8 Å². The molecule has 4 N–H and O–H groups in total. The van der Waals surface area contributed by atoms with Crippen molar-refractivity contribution in [2.75, 3.05) is 24.5 Å². The maximum atomic E-state index is 14.2. The van der Waals surface area contributed by atoms with E-state index >= 15 is 0 Å². The van der Waals surface area contributed by atoms with Gasteiger partial charge in [-0.1, -0.05) is 69.3 Å². The maximum Gasteiger partial charge on any atom is 0.246 e. The number of para-hydroxylation sites is 1. The van der Waals surface area contributed by atoms with Crippen LogP contribution in [-0.2, 0) is 14.4 Å². The second-order valence-electron chi connectivity index (χ2n) is 16.9. The topological polar surface area (TPSA) is 161 Å². The Morgan fingerprint density at radius 1 is 0.932 bits per heavy atom. The van der Waals surface area contributed by atoms with Crippen molar-refractivity contribution in [3.8, 4) is 38.6 Å². The third kappa shape index (κ3) is 9.63. The number of amides is 3. The van der Waals surface area contributed by atoms with E-state index in [-0.39, 0.29) is 48.4 Å². The molecule has 0 bridgehead atoms. The summed E-state index contributed by atoms with van der Waals surface area (Å²) in [5, 5.41) is 35.5. The molecule has 13 heteroatoms. The number of carbonyl (C=O) groups excluding carboxylic acids is 3. The number of nitrogens with zero attached hydrogens (tertiary/aromatic N) is 5. The zero-order valence-corrected chi connectivity index (χ0v) is 35.1. The van der Waals surface area contributed by atoms with E-state index in [0.717, 1.165) is 64.4 Å². The average Bonchev–Trinajstić information content (AvgIpc) is 3.85. The molecule has 2 saturated heterocycles. The summed E-state index contributed by atoms with van der Waals surface area (Å²) < 4.78 is 0. The van der Waals surface area contributed by atoms with Crippen LogP contribution in [0.15, 0.2) is 90.6 Å². The predicted molar refractivity (Wildman–Crippen MR) is 230 cm³/mol. The number of rotatable bonds is 11. The fourth-order valence-corrected chi connectivity index (χ4v) is 8.92. The number of nitrogens with one attached hydrogen (secondary N) is 2. The molecule has 2 aliphatic heterocycles. The maximum absolute atomic E-state index is 14.2. The molecule has 0 aliphatic carbocycles. The van der Waals surface area contributed by atoms with Crippen LogP contribution in [0.2, 0.25) is 0 Å². The number of hydrogen-bond acceptors (Lipinski definition) is 10. The number of benzene rings is 3. The molecule has 1 unspecified atom stereocenters. The first-order valence-electron chi connectivity index (χ1n) is 20.3. The lowest BCUT2D eigenvalue weighted by atomic mass is 9.85. The zero-order chi connectivity index (χ0) is 41.8. The molecule has 4 heterocycles. The summed E-state index contributed by atoms with van der Waals surface area (Å²) in [7, 11) is 0. The molecule has 3 aromatic carbocycles. The third-order valence-corrected chi connectivity index (χ3v) is 12.5. The Morgan fingerprint density at radius 3 is 2.29 bits per heavy atom. The largest absolute Gasteiger partial charge is 0.507 e. The number of piperidine rings is 1. The molecule has 0 saturated carbocycles. The smallest absolute Gasteiger partial charge is 0.246 e. The van der Waals surface area contributed by atoms with Crippen LogP contribution in [0, 0.1) is 18.3 Å². The lowest BCUT2D eigenvalue weighted by molar-refractivity contribution is -0.144. The highest BCUT2D eigenvalue weighted by Gasteiger charge is 2.45. The van der Waals surface area contributed by atoms with Crippen molar-refractivity contribution in [1.82, 2.24) is 30.7 Å². The zero-order valence-electron chi connectivity index (χ0n) is 34.3. The van der Waals surface area contributed by atoms with Crippen molar-refractivity contribution < 1.29 is 24.6 Å². The standard InChI is InChI=1S/C46H53N7O5S/c1-28(31-10-12-33(13-11-31)42-29(2)47-27-59-42)49-44(57)39-24-36(54)26-53(39)45(58)43(46(3,4)5)50-41(56)22-30-18-20-52(21-19-30)35-16-14-32(15-17-35)34-23-38(51-48-25-34)37-8-6-7-9-40(37)55/h6-17,23,25,27-28,30,36,39,43,54-55H,18-22,24,26H2,1-5H3,(H,49,57)(H,50,56)/t28-,36+,39-,43?/m0/s1. The number of phenols is 1. The number of carbonyl (C=O) groups is 3. The lowest BCUT2D eigenvalue weighted by Crippen LogP contribution is -2.58. The van der Waals surface area contributed by atoms with Crippen LogP contribution in [0.1, 0.15) is 70.7 Å². The Bertz CT molecular complexity index is 2260. The van der Waals surface area contributed by atoms with Gasteiger partial charge in [0.05, 0.1) is 40.1 Å². The molecule has 12 nitrogen and oxygen atoms in total. The summed E-state index contributed by atoms with van der Waals surface area (Å²) >= 11 is 1.59. The monoisotopic (exact) mass is 815 g/mol. The lowest BCUT2D eigenvalue weighted by Gasteiger charge is -2.36. The van der Waals surface area contributed by atoms with E-state index < -0.39 is 23.6 Å². The van der Waals surface area contributed by atoms with E-state index in [1.54, 1.807) is 29.7 Å². The van der Waals surface area contributed by atoms with Gasteiger partial charge in [0, 0.05) is 49.3 Å². The normalized spacial score (nSPS) is 18.3. The van der Waals surface area contributed by atoms with Gasteiger partial charge in [-0.3, -0.25) is 14.4 Å². The molecule has 2 aromatic heterocycles. The minimum atomic E-state index is -0.876. The van der Waals surface area contributed by atoms with Crippen molar-refractivity contribution in [2.24, 2.45) is 11.3 Å². The molecule has 0 radical (unpaired) electrons. The molecule has 7 rings (SSSR count). The number of aromatic nitrogens is 3. The first kappa shape index (κ1) is 41.5. The summed E-state index contributed by atoms with van der Waals surface area (Å²) in [5.41, 5.74) is 8.35. The SMILES string of the molecule is Cc1ncsc1-c1ccc([C@H](C)NC(=O)[C@@H]2C[C@@H](O)CN2C(=O)C(NC(=O)CC2CCN(c3ccc(-c4cnnc(-c5ccccc5O)c4)cc3)CC2)C(C)(C)C)cc1. The molecule has 0 spiro atoms. The van der Waals surface area contributed by atoms with E-state index in [1.165, 1.54) is 4.90 Å². The van der Waals surface area contributed by atoms with Gasteiger partial charge in [-0.05, 0) is 85.0 Å². The second-order valence-corrected chi connectivity index (χ2v) is 17.8. The van der Waals surface area contributed by atoms with E-state index in [2.05, 4.69) is 55.0 Å². The summed E-state index contributed by atoms with van der Waals surface area (Å²) in [6, 6.07) is 23.2. The highest BCUT2D eigenvalue weighted by molar-refractivity contribution is 7.13. The predicted octanol–water partition coefficient (Wildman–Crippen LogP) is 6.92. The first-order chi connectivity index (χ1) is 28.2. The van der Waals surface area contributed by atoms with Crippen LogP contribution >= 0.6 is 11.3 Å². The molecule has 2 fully saturated rings. The number of aliphatic hydroxyl groups is 1. The number of aromatic hydroxyl groups is 1. The molecular formula is C46H53N7O5S. The Hall–Kier alpha value is -5.66.